The molecule has 1 N–H and O–H groups in total. The molecule has 0 unspecified atom stereocenters. The quantitative estimate of drug-likeness (QED) is 0.714. The van der Waals surface area contributed by atoms with Gasteiger partial charge >= 0.3 is 0 Å². The van der Waals surface area contributed by atoms with Gasteiger partial charge in [-0.15, -0.1) is 11.3 Å². The van der Waals surface area contributed by atoms with Gasteiger partial charge in [-0.3, -0.25) is 4.79 Å². The Morgan fingerprint density at radius 3 is 2.33 bits per heavy atom. The molecule has 0 spiro atoms. The van der Waals surface area contributed by atoms with Crippen LogP contribution in [-0.4, -0.2) is 13.0 Å². The molecule has 0 saturated heterocycles. The van der Waals surface area contributed by atoms with Crippen LogP contribution in [0, 0.1) is 0 Å². The van der Waals surface area contributed by atoms with Gasteiger partial charge in [0.15, 0.2) is 0 Å². The van der Waals surface area contributed by atoms with Gasteiger partial charge in [0, 0.05) is 16.1 Å². The van der Waals surface area contributed by atoms with E-state index in [1.807, 2.05) is 41.8 Å². The maximum absolute atomic E-state index is 12.2. The number of hydrogen-bond donors (Lipinski definition) is 1. The number of rotatable bonds is 6. The molecular weight excluding hydrogens is 322 g/mol. The third kappa shape index (κ3) is 4.14. The smallest absolute Gasteiger partial charge is 0.255 e. The maximum atomic E-state index is 12.2. The van der Waals surface area contributed by atoms with E-state index in [9.17, 15) is 4.79 Å². The molecule has 1 amide bonds. The summed E-state index contributed by atoms with van der Waals surface area (Å²) in [6.45, 7) is 0.551. The summed E-state index contributed by atoms with van der Waals surface area (Å²) in [7, 11) is 1.59. The minimum absolute atomic E-state index is 0.162. The predicted molar refractivity (Wildman–Crippen MR) is 96.0 cm³/mol. The summed E-state index contributed by atoms with van der Waals surface area (Å²) in [5.41, 5.74) is 1.30. The number of benzene rings is 2. The lowest BCUT2D eigenvalue weighted by Crippen LogP contribution is -2.11. The lowest BCUT2D eigenvalue weighted by molar-refractivity contribution is 0.102. The number of carbonyl (C=O) groups excluding carboxylic acids is 1. The molecule has 5 heteroatoms. The molecule has 0 fully saturated rings. The van der Waals surface area contributed by atoms with E-state index < -0.39 is 0 Å². The topological polar surface area (TPSA) is 47.6 Å². The Labute approximate surface area is 144 Å². The zero-order valence-corrected chi connectivity index (χ0v) is 14.0. The van der Waals surface area contributed by atoms with Crippen LogP contribution >= 0.6 is 11.3 Å². The monoisotopic (exact) mass is 339 g/mol. The van der Waals surface area contributed by atoms with Crippen LogP contribution < -0.4 is 14.8 Å². The number of amides is 1. The van der Waals surface area contributed by atoms with E-state index in [-0.39, 0.29) is 5.91 Å². The first-order valence-electron chi connectivity index (χ1n) is 7.45. The van der Waals surface area contributed by atoms with Crippen LogP contribution in [0.15, 0.2) is 66.0 Å². The Balaban J connectivity index is 1.57. The van der Waals surface area contributed by atoms with Gasteiger partial charge in [-0.25, -0.2) is 0 Å². The molecule has 0 bridgehead atoms. The van der Waals surface area contributed by atoms with Crippen molar-refractivity contribution in [2.24, 2.45) is 0 Å². The molecule has 4 nitrogen and oxygen atoms in total. The summed E-state index contributed by atoms with van der Waals surface area (Å²) < 4.78 is 10.8. The molecule has 0 saturated carbocycles. The van der Waals surface area contributed by atoms with Crippen molar-refractivity contribution in [2.45, 2.75) is 6.61 Å². The van der Waals surface area contributed by atoms with Crippen LogP contribution in [0.3, 0.4) is 0 Å². The Hall–Kier alpha value is -2.79. The minimum atomic E-state index is -0.162. The van der Waals surface area contributed by atoms with Crippen molar-refractivity contribution in [2.75, 3.05) is 12.4 Å². The zero-order valence-electron chi connectivity index (χ0n) is 13.2. The van der Waals surface area contributed by atoms with E-state index in [1.54, 1.807) is 42.7 Å². The fourth-order valence-electron chi connectivity index (χ4n) is 2.13. The maximum Gasteiger partial charge on any atom is 0.255 e. The van der Waals surface area contributed by atoms with Crippen molar-refractivity contribution in [1.82, 2.24) is 0 Å². The number of thiophene rings is 1. The molecule has 0 radical (unpaired) electrons. The number of ether oxygens (including phenoxy) is 2. The van der Waals surface area contributed by atoms with Gasteiger partial charge in [-0.1, -0.05) is 6.07 Å². The van der Waals surface area contributed by atoms with E-state index in [2.05, 4.69) is 5.32 Å². The highest BCUT2D eigenvalue weighted by Gasteiger charge is 2.06. The lowest BCUT2D eigenvalue weighted by Gasteiger charge is -2.08. The summed E-state index contributed by atoms with van der Waals surface area (Å²) in [6, 6.07) is 18.4. The van der Waals surface area contributed by atoms with Gasteiger partial charge in [-0.05, 0) is 60.0 Å². The molecular formula is C19H17NO3S. The van der Waals surface area contributed by atoms with Crippen LogP contribution in [0.4, 0.5) is 5.69 Å². The molecule has 3 aromatic rings. The van der Waals surface area contributed by atoms with Crippen LogP contribution in [0.2, 0.25) is 0 Å². The van der Waals surface area contributed by atoms with Crippen LogP contribution in [0.5, 0.6) is 11.5 Å². The van der Waals surface area contributed by atoms with Gasteiger partial charge in [0.05, 0.1) is 7.11 Å². The summed E-state index contributed by atoms with van der Waals surface area (Å²) >= 11 is 1.66. The summed E-state index contributed by atoms with van der Waals surface area (Å²) in [4.78, 5) is 13.4. The lowest BCUT2D eigenvalue weighted by atomic mass is 10.2. The Bertz CT molecular complexity index is 780. The Morgan fingerprint density at radius 1 is 1.00 bits per heavy atom. The number of carbonyl (C=O) groups is 1. The van der Waals surface area contributed by atoms with E-state index >= 15 is 0 Å². The second-order valence-electron chi connectivity index (χ2n) is 5.08. The average Bonchev–Trinajstić information content (AvgIpc) is 3.15. The van der Waals surface area contributed by atoms with E-state index in [0.29, 0.717) is 12.2 Å². The molecule has 2 aromatic carbocycles. The molecule has 122 valence electrons. The first kappa shape index (κ1) is 16.1. The fourth-order valence-corrected chi connectivity index (χ4v) is 2.75. The minimum Gasteiger partial charge on any atom is -0.497 e. The van der Waals surface area contributed by atoms with Gasteiger partial charge < -0.3 is 14.8 Å². The van der Waals surface area contributed by atoms with Crippen molar-refractivity contribution in [3.05, 3.63) is 76.5 Å². The molecule has 0 atom stereocenters. The van der Waals surface area contributed by atoms with Gasteiger partial charge in [0.25, 0.3) is 5.91 Å². The van der Waals surface area contributed by atoms with Gasteiger partial charge in [0.1, 0.15) is 18.1 Å². The molecule has 0 aliphatic heterocycles. The summed E-state index contributed by atoms with van der Waals surface area (Å²) in [5.74, 6) is 1.33. The molecule has 24 heavy (non-hydrogen) atoms. The summed E-state index contributed by atoms with van der Waals surface area (Å²) in [6.07, 6.45) is 0. The Kier molecular flexibility index (Phi) is 5.13. The van der Waals surface area contributed by atoms with Gasteiger partial charge in [-0.2, -0.15) is 0 Å². The molecule has 0 aliphatic carbocycles. The van der Waals surface area contributed by atoms with Crippen molar-refractivity contribution in [1.29, 1.82) is 0 Å². The second kappa shape index (κ2) is 7.66. The Morgan fingerprint density at radius 2 is 1.71 bits per heavy atom. The molecule has 0 aliphatic rings. The van der Waals surface area contributed by atoms with E-state index in [4.69, 9.17) is 9.47 Å². The third-order valence-corrected chi connectivity index (χ3v) is 4.28. The number of anilines is 1. The number of nitrogens with one attached hydrogen (secondary N) is 1. The highest BCUT2D eigenvalue weighted by atomic mass is 32.1. The van der Waals surface area contributed by atoms with Crippen LogP contribution in [-0.2, 0) is 6.61 Å². The first-order chi connectivity index (χ1) is 11.7. The molecule has 1 aromatic heterocycles. The summed E-state index contributed by atoms with van der Waals surface area (Å²) in [5, 5.41) is 4.88. The third-order valence-electron chi connectivity index (χ3n) is 3.43. The standard InChI is InChI=1S/C19H17NO3S/c1-22-16-8-4-14(5-9-16)19(21)20-15-6-10-17(11-7-15)23-13-18-3-2-12-24-18/h2-12H,13H2,1H3,(H,20,21). The first-order valence-corrected chi connectivity index (χ1v) is 8.33. The number of hydrogen-bond acceptors (Lipinski definition) is 4. The normalized spacial score (nSPS) is 10.2. The highest BCUT2D eigenvalue weighted by molar-refractivity contribution is 7.09. The SMILES string of the molecule is COc1ccc(C(=O)Nc2ccc(OCc3cccs3)cc2)cc1. The van der Waals surface area contributed by atoms with Crippen LogP contribution in [0.25, 0.3) is 0 Å². The average molecular weight is 339 g/mol. The zero-order chi connectivity index (χ0) is 16.8. The molecule has 3 rings (SSSR count). The van der Waals surface area contributed by atoms with Gasteiger partial charge in [0.2, 0.25) is 0 Å². The van der Waals surface area contributed by atoms with Crippen LogP contribution in [0.1, 0.15) is 15.2 Å². The number of methoxy groups -OCH3 is 1. The highest BCUT2D eigenvalue weighted by Crippen LogP contribution is 2.19. The largest absolute Gasteiger partial charge is 0.497 e. The van der Waals surface area contributed by atoms with E-state index in [1.165, 1.54) is 4.88 Å². The second-order valence-corrected chi connectivity index (χ2v) is 6.11. The predicted octanol–water partition coefficient (Wildman–Crippen LogP) is 4.59. The van der Waals surface area contributed by atoms with E-state index in [0.717, 1.165) is 17.2 Å². The van der Waals surface area contributed by atoms with Crippen molar-refractivity contribution in [3.8, 4) is 11.5 Å². The van der Waals surface area contributed by atoms with Crippen molar-refractivity contribution < 1.29 is 14.3 Å². The van der Waals surface area contributed by atoms with Crippen molar-refractivity contribution >= 4 is 22.9 Å². The molecule has 1 heterocycles. The van der Waals surface area contributed by atoms with Crippen molar-refractivity contribution in [3.63, 3.8) is 0 Å². The fraction of sp³-hybridized carbons (Fsp3) is 0.105.